The number of rotatable bonds is 14. The van der Waals surface area contributed by atoms with Crippen molar-refractivity contribution in [3.8, 4) is 0 Å². The topological polar surface area (TPSA) is 113 Å². The molecule has 36 heavy (non-hydrogen) atoms. The lowest BCUT2D eigenvalue weighted by atomic mass is 10.0. The lowest BCUT2D eigenvalue weighted by molar-refractivity contribution is -0.125. The number of aryl methyl sites for hydroxylation is 1. The number of carbonyl (C=O) groups excluding carboxylic acids is 5. The van der Waals surface area contributed by atoms with Crippen LogP contribution in [0.15, 0.2) is 42.5 Å². The molecule has 3 amide bonds. The van der Waals surface area contributed by atoms with Crippen LogP contribution < -0.4 is 10.6 Å². The van der Waals surface area contributed by atoms with Gasteiger partial charge in [0.25, 0.3) is 11.8 Å². The minimum absolute atomic E-state index is 0.181. The van der Waals surface area contributed by atoms with Crippen molar-refractivity contribution in [3.05, 3.63) is 70.3 Å². The molecule has 0 radical (unpaired) electrons. The standard InChI is InChI=1S/C28H33N3O5/c1-29-27(35)25(8-6-16-33)31-19-23-17-21(11-14-24(23)28(31)36)18-30-26(34)22-12-9-20(10-13-22)7-4-2-3-5-15-32/h9-17,25H,2-8,18-19H2,1H3,(H,29,35)(H,30,34). The van der Waals surface area contributed by atoms with Crippen LogP contribution in [-0.4, -0.2) is 48.3 Å². The van der Waals surface area contributed by atoms with Crippen LogP contribution in [0.5, 0.6) is 0 Å². The molecule has 2 N–H and O–H groups in total. The van der Waals surface area contributed by atoms with Crippen LogP contribution in [0.2, 0.25) is 0 Å². The fourth-order valence-electron chi connectivity index (χ4n) is 4.42. The molecule has 1 unspecified atom stereocenters. The summed E-state index contributed by atoms with van der Waals surface area (Å²) in [5.74, 6) is -0.711. The zero-order chi connectivity index (χ0) is 25.9. The van der Waals surface area contributed by atoms with Crippen LogP contribution in [-0.2, 0) is 33.9 Å². The van der Waals surface area contributed by atoms with Crippen LogP contribution in [0.25, 0.3) is 0 Å². The molecule has 1 aliphatic heterocycles. The number of likely N-dealkylation sites (N-methyl/N-ethyl adjacent to an activating group) is 1. The summed E-state index contributed by atoms with van der Waals surface area (Å²) in [4.78, 5) is 60.5. The van der Waals surface area contributed by atoms with E-state index in [4.69, 9.17) is 0 Å². The minimum atomic E-state index is -0.706. The Labute approximate surface area is 211 Å². The molecule has 1 heterocycles. The number of hydrogen-bond acceptors (Lipinski definition) is 5. The first-order valence-electron chi connectivity index (χ1n) is 12.4. The van der Waals surface area contributed by atoms with E-state index in [0.717, 1.165) is 54.9 Å². The molecule has 3 rings (SSSR count). The molecule has 2 aromatic carbocycles. The first kappa shape index (κ1) is 26.8. The van der Waals surface area contributed by atoms with Gasteiger partial charge in [-0.1, -0.05) is 30.7 Å². The second kappa shape index (κ2) is 13.3. The van der Waals surface area contributed by atoms with Gasteiger partial charge in [0, 0.05) is 44.1 Å². The number of aldehydes is 2. The van der Waals surface area contributed by atoms with E-state index in [1.54, 1.807) is 12.1 Å². The summed E-state index contributed by atoms with van der Waals surface area (Å²) in [6, 6.07) is 12.2. The zero-order valence-corrected chi connectivity index (χ0v) is 20.6. The van der Waals surface area contributed by atoms with Gasteiger partial charge in [0.15, 0.2) is 0 Å². The second-order valence-corrected chi connectivity index (χ2v) is 8.94. The smallest absolute Gasteiger partial charge is 0.255 e. The number of fused-ring (bicyclic) bond motifs is 1. The summed E-state index contributed by atoms with van der Waals surface area (Å²) in [6.45, 7) is 0.590. The molecule has 190 valence electrons. The highest BCUT2D eigenvalue weighted by atomic mass is 16.2. The summed E-state index contributed by atoms with van der Waals surface area (Å²) < 4.78 is 0. The van der Waals surface area contributed by atoms with Crippen LogP contribution in [0.3, 0.4) is 0 Å². The Balaban J connectivity index is 1.56. The van der Waals surface area contributed by atoms with E-state index in [2.05, 4.69) is 10.6 Å². The minimum Gasteiger partial charge on any atom is -0.357 e. The molecule has 0 fully saturated rings. The third-order valence-electron chi connectivity index (χ3n) is 6.44. The average Bonchev–Trinajstić information content (AvgIpc) is 3.22. The van der Waals surface area contributed by atoms with E-state index >= 15 is 0 Å². The van der Waals surface area contributed by atoms with E-state index in [0.29, 0.717) is 24.1 Å². The van der Waals surface area contributed by atoms with Crippen molar-refractivity contribution in [2.45, 2.75) is 64.1 Å². The van der Waals surface area contributed by atoms with Gasteiger partial charge in [-0.2, -0.15) is 0 Å². The number of unbranched alkanes of at least 4 members (excludes halogenated alkanes) is 3. The monoisotopic (exact) mass is 491 g/mol. The summed E-state index contributed by atoms with van der Waals surface area (Å²) in [7, 11) is 1.51. The molecular formula is C28H33N3O5. The number of nitrogens with one attached hydrogen (secondary N) is 2. The number of hydrogen-bond donors (Lipinski definition) is 2. The summed E-state index contributed by atoms with van der Waals surface area (Å²) in [5.41, 5.74) is 3.92. The van der Waals surface area contributed by atoms with Gasteiger partial charge in [-0.3, -0.25) is 14.4 Å². The third kappa shape index (κ3) is 6.87. The van der Waals surface area contributed by atoms with E-state index in [9.17, 15) is 24.0 Å². The van der Waals surface area contributed by atoms with E-state index in [1.807, 2.05) is 30.3 Å². The normalized spacial score (nSPS) is 13.1. The third-order valence-corrected chi connectivity index (χ3v) is 6.44. The molecule has 2 aromatic rings. The van der Waals surface area contributed by atoms with Gasteiger partial charge >= 0.3 is 0 Å². The van der Waals surface area contributed by atoms with Crippen molar-refractivity contribution in [2.75, 3.05) is 7.05 Å². The van der Waals surface area contributed by atoms with Crippen molar-refractivity contribution in [1.82, 2.24) is 15.5 Å². The Morgan fingerprint density at radius 1 is 0.972 bits per heavy atom. The number of benzene rings is 2. The maximum absolute atomic E-state index is 12.9. The predicted octanol–water partition coefficient (Wildman–Crippen LogP) is 2.97. The summed E-state index contributed by atoms with van der Waals surface area (Å²) >= 11 is 0. The molecule has 0 aliphatic carbocycles. The Morgan fingerprint density at radius 2 is 1.69 bits per heavy atom. The van der Waals surface area contributed by atoms with Gasteiger partial charge in [-0.05, 0) is 60.6 Å². The molecular weight excluding hydrogens is 458 g/mol. The van der Waals surface area contributed by atoms with Gasteiger partial charge < -0.3 is 25.1 Å². The largest absolute Gasteiger partial charge is 0.357 e. The van der Waals surface area contributed by atoms with Crippen molar-refractivity contribution in [2.24, 2.45) is 0 Å². The zero-order valence-electron chi connectivity index (χ0n) is 20.6. The Bertz CT molecular complexity index is 1100. The molecule has 0 saturated heterocycles. The lowest BCUT2D eigenvalue weighted by Crippen LogP contribution is -2.46. The van der Waals surface area contributed by atoms with Crippen LogP contribution in [0.1, 0.15) is 75.9 Å². The molecule has 1 atom stereocenters. The van der Waals surface area contributed by atoms with Crippen molar-refractivity contribution < 1.29 is 24.0 Å². The van der Waals surface area contributed by atoms with Crippen molar-refractivity contribution in [3.63, 3.8) is 0 Å². The molecule has 0 saturated carbocycles. The fourth-order valence-corrected chi connectivity index (χ4v) is 4.42. The molecule has 1 aliphatic rings. The average molecular weight is 492 g/mol. The van der Waals surface area contributed by atoms with Gasteiger partial charge in [0.2, 0.25) is 5.91 Å². The quantitative estimate of drug-likeness (QED) is 0.312. The second-order valence-electron chi connectivity index (χ2n) is 8.94. The Morgan fingerprint density at radius 3 is 2.39 bits per heavy atom. The highest BCUT2D eigenvalue weighted by molar-refractivity contribution is 6.01. The van der Waals surface area contributed by atoms with E-state index in [1.165, 1.54) is 11.9 Å². The Hall–Kier alpha value is -3.81. The van der Waals surface area contributed by atoms with Gasteiger partial charge in [-0.25, -0.2) is 0 Å². The molecule has 8 nitrogen and oxygen atoms in total. The van der Waals surface area contributed by atoms with Crippen molar-refractivity contribution in [1.29, 1.82) is 0 Å². The van der Waals surface area contributed by atoms with Crippen LogP contribution in [0, 0.1) is 0 Å². The van der Waals surface area contributed by atoms with Gasteiger partial charge in [0.05, 0.1) is 0 Å². The number of amides is 3. The summed E-state index contributed by atoms with van der Waals surface area (Å²) in [6.07, 6.45) is 6.61. The van der Waals surface area contributed by atoms with Gasteiger partial charge in [-0.15, -0.1) is 0 Å². The van der Waals surface area contributed by atoms with Crippen LogP contribution >= 0.6 is 0 Å². The Kier molecular flexibility index (Phi) is 9.92. The van der Waals surface area contributed by atoms with Gasteiger partial charge in [0.1, 0.15) is 18.6 Å². The highest BCUT2D eigenvalue weighted by Gasteiger charge is 2.35. The summed E-state index contributed by atoms with van der Waals surface area (Å²) in [5, 5.41) is 5.49. The maximum Gasteiger partial charge on any atom is 0.255 e. The fraction of sp³-hybridized carbons (Fsp3) is 0.393. The van der Waals surface area contributed by atoms with E-state index < -0.39 is 6.04 Å². The first-order chi connectivity index (χ1) is 17.5. The highest BCUT2D eigenvalue weighted by Crippen LogP contribution is 2.27. The molecule has 8 heteroatoms. The number of nitrogens with zero attached hydrogens (tertiary/aromatic N) is 1. The first-order valence-corrected chi connectivity index (χ1v) is 12.4. The maximum atomic E-state index is 12.9. The molecule has 0 spiro atoms. The predicted molar refractivity (Wildman–Crippen MR) is 135 cm³/mol. The van der Waals surface area contributed by atoms with Crippen LogP contribution in [0.4, 0.5) is 0 Å². The van der Waals surface area contributed by atoms with E-state index in [-0.39, 0.29) is 37.1 Å². The number of carbonyl (C=O) groups is 5. The van der Waals surface area contributed by atoms with Crippen molar-refractivity contribution >= 4 is 30.3 Å². The molecule has 0 aromatic heterocycles. The molecule has 0 bridgehead atoms. The lowest BCUT2D eigenvalue weighted by Gasteiger charge is -2.25. The SMILES string of the molecule is CNC(=O)C(CCC=O)N1Cc2cc(CNC(=O)c3ccc(CCCCCC=O)cc3)ccc2C1=O.